The SMILES string of the molecule is CN(Cc1ccc(C#N)cc1)c1ccc(S(=O)(=O)C(C)(C)C)nc1. The Labute approximate surface area is 143 Å². The minimum absolute atomic E-state index is 0.0884. The van der Waals surface area contributed by atoms with Gasteiger partial charge in [0, 0.05) is 13.6 Å². The Kier molecular flexibility index (Phi) is 4.95. The minimum atomic E-state index is -3.45. The van der Waals surface area contributed by atoms with Crippen molar-refractivity contribution in [2.24, 2.45) is 0 Å². The molecule has 126 valence electrons. The number of sulfone groups is 1. The molecule has 0 spiro atoms. The number of hydrogen-bond acceptors (Lipinski definition) is 5. The Hall–Kier alpha value is -2.39. The standard InChI is InChI=1S/C18H21N3O2S/c1-18(2,3)24(22,23)17-10-9-16(12-20-17)21(4)13-15-7-5-14(11-19)6-8-15/h5-10,12H,13H2,1-4H3. The zero-order chi connectivity index (χ0) is 18.0. The van der Waals surface area contributed by atoms with E-state index in [-0.39, 0.29) is 5.03 Å². The third-order valence-electron chi connectivity index (χ3n) is 3.75. The van der Waals surface area contributed by atoms with Crippen molar-refractivity contribution in [2.45, 2.75) is 37.1 Å². The number of benzene rings is 1. The van der Waals surface area contributed by atoms with E-state index >= 15 is 0 Å². The Balaban J connectivity index is 2.17. The van der Waals surface area contributed by atoms with Gasteiger partial charge in [0.2, 0.25) is 0 Å². The second-order valence-corrected chi connectivity index (χ2v) is 9.29. The molecule has 0 unspecified atom stereocenters. The summed E-state index contributed by atoms with van der Waals surface area (Å²) in [6.45, 7) is 5.62. The van der Waals surface area contributed by atoms with Crippen molar-refractivity contribution in [3.8, 4) is 6.07 Å². The quantitative estimate of drug-likeness (QED) is 0.852. The van der Waals surface area contributed by atoms with E-state index < -0.39 is 14.6 Å². The van der Waals surface area contributed by atoms with Crippen LogP contribution in [-0.4, -0.2) is 25.2 Å². The van der Waals surface area contributed by atoms with Crippen molar-refractivity contribution in [1.29, 1.82) is 5.26 Å². The number of hydrogen-bond donors (Lipinski definition) is 0. The molecule has 0 radical (unpaired) electrons. The van der Waals surface area contributed by atoms with E-state index in [0.717, 1.165) is 11.3 Å². The summed E-state index contributed by atoms with van der Waals surface area (Å²) in [5, 5.41) is 8.91. The highest BCUT2D eigenvalue weighted by Crippen LogP contribution is 2.24. The first-order valence-electron chi connectivity index (χ1n) is 7.56. The molecule has 0 amide bonds. The maximum absolute atomic E-state index is 12.4. The number of rotatable bonds is 4. The molecule has 0 aliphatic heterocycles. The minimum Gasteiger partial charge on any atom is -0.369 e. The summed E-state index contributed by atoms with van der Waals surface area (Å²) < 4.78 is 23.9. The van der Waals surface area contributed by atoms with Gasteiger partial charge >= 0.3 is 0 Å². The first-order chi connectivity index (χ1) is 11.1. The van der Waals surface area contributed by atoms with Crippen LogP contribution in [-0.2, 0) is 16.4 Å². The molecule has 1 heterocycles. The predicted molar refractivity (Wildman–Crippen MR) is 94.4 cm³/mol. The van der Waals surface area contributed by atoms with Gasteiger partial charge in [0.1, 0.15) is 0 Å². The van der Waals surface area contributed by atoms with Gasteiger partial charge in [0.25, 0.3) is 0 Å². The number of nitrogens with zero attached hydrogens (tertiary/aromatic N) is 3. The van der Waals surface area contributed by atoms with Gasteiger partial charge in [-0.05, 0) is 50.6 Å². The highest BCUT2D eigenvalue weighted by atomic mass is 32.2. The van der Waals surface area contributed by atoms with Gasteiger partial charge in [0.05, 0.1) is 28.3 Å². The van der Waals surface area contributed by atoms with Crippen LogP contribution in [0.2, 0.25) is 0 Å². The van der Waals surface area contributed by atoms with E-state index in [1.54, 1.807) is 51.2 Å². The topological polar surface area (TPSA) is 74.1 Å². The van der Waals surface area contributed by atoms with E-state index in [4.69, 9.17) is 5.26 Å². The third kappa shape index (κ3) is 3.74. The van der Waals surface area contributed by atoms with Crippen molar-refractivity contribution >= 4 is 15.5 Å². The summed E-state index contributed by atoms with van der Waals surface area (Å²) in [5.41, 5.74) is 2.51. The van der Waals surface area contributed by atoms with E-state index in [1.807, 2.05) is 24.1 Å². The van der Waals surface area contributed by atoms with Crippen molar-refractivity contribution < 1.29 is 8.42 Å². The van der Waals surface area contributed by atoms with Crippen LogP contribution in [0.5, 0.6) is 0 Å². The zero-order valence-electron chi connectivity index (χ0n) is 14.3. The Morgan fingerprint density at radius 1 is 1.12 bits per heavy atom. The normalized spacial score (nSPS) is 11.8. The Morgan fingerprint density at radius 3 is 2.21 bits per heavy atom. The van der Waals surface area contributed by atoms with E-state index in [0.29, 0.717) is 12.1 Å². The van der Waals surface area contributed by atoms with Gasteiger partial charge in [-0.15, -0.1) is 0 Å². The zero-order valence-corrected chi connectivity index (χ0v) is 15.1. The van der Waals surface area contributed by atoms with Crippen LogP contribution in [0.25, 0.3) is 0 Å². The molecule has 2 rings (SSSR count). The molecular formula is C18H21N3O2S. The van der Waals surface area contributed by atoms with Gasteiger partial charge in [-0.25, -0.2) is 13.4 Å². The predicted octanol–water partition coefficient (Wildman–Crippen LogP) is 3.16. The lowest BCUT2D eigenvalue weighted by molar-refractivity contribution is 0.556. The lowest BCUT2D eigenvalue weighted by Crippen LogP contribution is -2.28. The molecule has 0 bridgehead atoms. The first-order valence-corrected chi connectivity index (χ1v) is 9.04. The average molecular weight is 343 g/mol. The lowest BCUT2D eigenvalue weighted by Gasteiger charge is -2.21. The molecule has 1 aromatic heterocycles. The fourth-order valence-corrected chi connectivity index (χ4v) is 3.19. The van der Waals surface area contributed by atoms with Crippen LogP contribution < -0.4 is 4.90 Å². The third-order valence-corrected chi connectivity index (χ3v) is 6.15. The molecular weight excluding hydrogens is 322 g/mol. The molecule has 5 nitrogen and oxygen atoms in total. The highest BCUT2D eigenvalue weighted by Gasteiger charge is 2.31. The maximum atomic E-state index is 12.4. The number of pyridine rings is 1. The van der Waals surface area contributed by atoms with Crippen LogP contribution in [0.4, 0.5) is 5.69 Å². The van der Waals surface area contributed by atoms with Crippen molar-refractivity contribution in [1.82, 2.24) is 4.98 Å². The number of aromatic nitrogens is 1. The summed E-state index contributed by atoms with van der Waals surface area (Å²) in [5.74, 6) is 0. The van der Waals surface area contributed by atoms with Gasteiger partial charge in [-0.2, -0.15) is 5.26 Å². The first kappa shape index (κ1) is 18.0. The maximum Gasteiger partial charge on any atom is 0.200 e. The molecule has 2 aromatic rings. The Bertz CT molecular complexity index is 843. The largest absolute Gasteiger partial charge is 0.369 e. The monoisotopic (exact) mass is 343 g/mol. The van der Waals surface area contributed by atoms with Gasteiger partial charge in [-0.3, -0.25) is 0 Å². The fourth-order valence-electron chi connectivity index (χ4n) is 2.12. The molecule has 6 heteroatoms. The summed E-state index contributed by atoms with van der Waals surface area (Å²) in [7, 11) is -1.54. The molecule has 1 aromatic carbocycles. The van der Waals surface area contributed by atoms with E-state index in [9.17, 15) is 8.42 Å². The molecule has 0 aliphatic carbocycles. The molecule has 0 saturated heterocycles. The number of anilines is 1. The average Bonchev–Trinajstić information content (AvgIpc) is 2.54. The molecule has 0 saturated carbocycles. The number of nitriles is 1. The van der Waals surface area contributed by atoms with Crippen LogP contribution in [0.15, 0.2) is 47.6 Å². The van der Waals surface area contributed by atoms with Crippen molar-refractivity contribution in [3.63, 3.8) is 0 Å². The molecule has 0 aliphatic rings. The summed E-state index contributed by atoms with van der Waals surface area (Å²) in [6, 6.07) is 12.8. The van der Waals surface area contributed by atoms with Crippen LogP contribution in [0.3, 0.4) is 0 Å². The van der Waals surface area contributed by atoms with Crippen LogP contribution >= 0.6 is 0 Å². The summed E-state index contributed by atoms with van der Waals surface area (Å²) >= 11 is 0. The van der Waals surface area contributed by atoms with E-state index in [1.165, 1.54) is 0 Å². The van der Waals surface area contributed by atoms with Gasteiger partial charge in [0.15, 0.2) is 14.9 Å². The molecule has 0 fully saturated rings. The molecule has 0 atom stereocenters. The van der Waals surface area contributed by atoms with Crippen molar-refractivity contribution in [2.75, 3.05) is 11.9 Å². The molecule has 0 N–H and O–H groups in total. The van der Waals surface area contributed by atoms with Crippen molar-refractivity contribution in [3.05, 3.63) is 53.7 Å². The smallest absolute Gasteiger partial charge is 0.200 e. The molecule has 24 heavy (non-hydrogen) atoms. The van der Waals surface area contributed by atoms with Crippen LogP contribution in [0, 0.1) is 11.3 Å². The Morgan fingerprint density at radius 2 is 1.75 bits per heavy atom. The lowest BCUT2D eigenvalue weighted by atomic mass is 10.1. The summed E-state index contributed by atoms with van der Waals surface area (Å²) in [6.07, 6.45) is 1.57. The second-order valence-electron chi connectivity index (χ2n) is 6.64. The van der Waals surface area contributed by atoms with Crippen LogP contribution in [0.1, 0.15) is 31.9 Å². The second kappa shape index (κ2) is 6.62. The van der Waals surface area contributed by atoms with Gasteiger partial charge in [-0.1, -0.05) is 12.1 Å². The van der Waals surface area contributed by atoms with Gasteiger partial charge < -0.3 is 4.90 Å². The summed E-state index contributed by atoms with van der Waals surface area (Å²) in [4.78, 5) is 6.11. The fraction of sp³-hybridized carbons (Fsp3) is 0.333. The highest BCUT2D eigenvalue weighted by molar-refractivity contribution is 7.92. The van der Waals surface area contributed by atoms with E-state index in [2.05, 4.69) is 11.1 Å².